The molecular weight excluding hydrogens is 226 g/mol. The molecule has 6 heteroatoms. The summed E-state index contributed by atoms with van der Waals surface area (Å²) in [5.74, 6) is 0. The van der Waals surface area contributed by atoms with Gasteiger partial charge in [-0.1, -0.05) is 6.92 Å². The second-order valence-corrected chi connectivity index (χ2v) is 6.22. The predicted octanol–water partition coefficient (Wildman–Crippen LogP) is 0.502. The van der Waals surface area contributed by atoms with Crippen LogP contribution in [0.2, 0.25) is 0 Å². The van der Waals surface area contributed by atoms with Gasteiger partial charge in [-0.2, -0.15) is 5.26 Å². The first-order valence-corrected chi connectivity index (χ1v) is 6.89. The lowest BCUT2D eigenvalue weighted by molar-refractivity contribution is 0.355. The number of nitrogens with zero attached hydrogens (tertiary/aromatic N) is 3. The van der Waals surface area contributed by atoms with Crippen LogP contribution in [0, 0.1) is 11.3 Å². The molecule has 0 N–H and O–H groups in total. The maximum absolute atomic E-state index is 11.9. The summed E-state index contributed by atoms with van der Waals surface area (Å²) in [5.41, 5.74) is 0. The summed E-state index contributed by atoms with van der Waals surface area (Å²) in [5, 5.41) is 7.70. The van der Waals surface area contributed by atoms with Gasteiger partial charge in [0, 0.05) is 13.1 Å². The summed E-state index contributed by atoms with van der Waals surface area (Å²) in [6.07, 6.45) is 0.776. The Morgan fingerprint density at radius 2 is 1.88 bits per heavy atom. The van der Waals surface area contributed by atoms with Crippen LogP contribution in [-0.4, -0.2) is 56.6 Å². The Morgan fingerprint density at radius 1 is 1.31 bits per heavy atom. The summed E-state index contributed by atoms with van der Waals surface area (Å²) in [6, 6.07) is 1.78. The van der Waals surface area contributed by atoms with Gasteiger partial charge in [0.1, 0.15) is 0 Å². The molecule has 0 aliphatic heterocycles. The molecule has 0 fully saturated rings. The normalized spacial score (nSPS) is 14.1. The van der Waals surface area contributed by atoms with Gasteiger partial charge in [-0.15, -0.1) is 0 Å². The van der Waals surface area contributed by atoms with E-state index in [1.54, 1.807) is 13.0 Å². The molecule has 0 aromatic carbocycles. The van der Waals surface area contributed by atoms with Crippen LogP contribution in [0.15, 0.2) is 0 Å². The minimum absolute atomic E-state index is 0.418. The molecule has 94 valence electrons. The maximum Gasteiger partial charge on any atom is 0.230 e. The Balaban J connectivity index is 4.45. The summed E-state index contributed by atoms with van der Waals surface area (Å²) in [7, 11) is 0.449. The van der Waals surface area contributed by atoms with Crippen molar-refractivity contribution >= 4 is 10.0 Å². The molecule has 0 spiro atoms. The third kappa shape index (κ3) is 4.47. The molecule has 0 aromatic rings. The Hall–Kier alpha value is -0.640. The van der Waals surface area contributed by atoms with Crippen molar-refractivity contribution in [3.8, 4) is 6.07 Å². The summed E-state index contributed by atoms with van der Waals surface area (Å²) in [4.78, 5) is 2.01. The van der Waals surface area contributed by atoms with Crippen LogP contribution in [0.1, 0.15) is 20.3 Å². The van der Waals surface area contributed by atoms with Gasteiger partial charge in [0.05, 0.1) is 6.07 Å². The fraction of sp³-hybridized carbons (Fsp3) is 0.900. The second-order valence-electron chi connectivity index (χ2n) is 3.96. The van der Waals surface area contributed by atoms with Gasteiger partial charge in [-0.05, 0) is 34.0 Å². The second kappa shape index (κ2) is 6.84. The van der Waals surface area contributed by atoms with Crippen LogP contribution < -0.4 is 0 Å². The highest BCUT2D eigenvalue weighted by molar-refractivity contribution is 7.89. The minimum atomic E-state index is -3.45. The van der Waals surface area contributed by atoms with Gasteiger partial charge in [-0.3, -0.25) is 0 Å². The molecule has 0 saturated carbocycles. The van der Waals surface area contributed by atoms with Gasteiger partial charge in [0.25, 0.3) is 0 Å². The van der Waals surface area contributed by atoms with E-state index in [1.165, 1.54) is 11.2 Å². The van der Waals surface area contributed by atoms with Crippen LogP contribution in [-0.2, 0) is 10.0 Å². The van der Waals surface area contributed by atoms with E-state index >= 15 is 0 Å². The molecule has 16 heavy (non-hydrogen) atoms. The number of sulfonamides is 1. The minimum Gasteiger partial charge on any atom is -0.309 e. The summed E-state index contributed by atoms with van der Waals surface area (Å²) in [6.45, 7) is 4.94. The third-order valence-electron chi connectivity index (χ3n) is 2.35. The van der Waals surface area contributed by atoms with Crippen molar-refractivity contribution in [3.05, 3.63) is 0 Å². The van der Waals surface area contributed by atoms with Crippen molar-refractivity contribution in [1.29, 1.82) is 5.26 Å². The van der Waals surface area contributed by atoms with E-state index in [-0.39, 0.29) is 0 Å². The van der Waals surface area contributed by atoms with Crippen molar-refractivity contribution in [3.63, 3.8) is 0 Å². The molecule has 1 atom stereocenters. The molecule has 0 aromatic heterocycles. The first kappa shape index (κ1) is 15.4. The summed E-state index contributed by atoms with van der Waals surface area (Å²) < 4.78 is 25.1. The van der Waals surface area contributed by atoms with Gasteiger partial charge in [0.15, 0.2) is 5.25 Å². The topological polar surface area (TPSA) is 64.4 Å². The van der Waals surface area contributed by atoms with Crippen molar-refractivity contribution in [2.24, 2.45) is 0 Å². The third-order valence-corrected chi connectivity index (χ3v) is 4.51. The van der Waals surface area contributed by atoms with Gasteiger partial charge in [0.2, 0.25) is 10.0 Å². The van der Waals surface area contributed by atoms with Crippen LogP contribution in [0.4, 0.5) is 0 Å². The molecular formula is C10H21N3O2S. The highest BCUT2D eigenvalue weighted by Crippen LogP contribution is 2.08. The lowest BCUT2D eigenvalue weighted by Gasteiger charge is -2.22. The first-order valence-electron chi connectivity index (χ1n) is 5.39. The van der Waals surface area contributed by atoms with E-state index in [4.69, 9.17) is 5.26 Å². The average Bonchev–Trinajstić information content (AvgIpc) is 2.22. The molecule has 0 amide bonds. The van der Waals surface area contributed by atoms with Crippen LogP contribution in [0.25, 0.3) is 0 Å². The van der Waals surface area contributed by atoms with Crippen molar-refractivity contribution in [1.82, 2.24) is 9.21 Å². The zero-order valence-corrected chi connectivity index (χ0v) is 11.3. The van der Waals surface area contributed by atoms with E-state index in [0.29, 0.717) is 13.1 Å². The molecule has 0 heterocycles. The van der Waals surface area contributed by atoms with Gasteiger partial charge < -0.3 is 4.90 Å². The standard InChI is InChI=1S/C10H21N3O2S/c1-5-13(8-6-7-12(3)4)16(14,15)10(2)9-11/h10H,5-8H2,1-4H3. The van der Waals surface area contributed by atoms with E-state index in [0.717, 1.165) is 13.0 Å². The smallest absolute Gasteiger partial charge is 0.230 e. The van der Waals surface area contributed by atoms with Crippen molar-refractivity contribution in [2.45, 2.75) is 25.5 Å². The number of rotatable bonds is 7. The highest BCUT2D eigenvalue weighted by Gasteiger charge is 2.26. The summed E-state index contributed by atoms with van der Waals surface area (Å²) >= 11 is 0. The molecule has 0 aliphatic rings. The largest absolute Gasteiger partial charge is 0.309 e. The Labute approximate surface area is 98.7 Å². The average molecular weight is 247 g/mol. The lowest BCUT2D eigenvalue weighted by atomic mass is 10.4. The highest BCUT2D eigenvalue weighted by atomic mass is 32.2. The molecule has 0 aliphatic carbocycles. The zero-order chi connectivity index (χ0) is 12.8. The fourth-order valence-electron chi connectivity index (χ4n) is 1.32. The molecule has 1 unspecified atom stereocenters. The van der Waals surface area contributed by atoms with E-state index < -0.39 is 15.3 Å². The Morgan fingerprint density at radius 3 is 2.25 bits per heavy atom. The molecule has 5 nitrogen and oxygen atoms in total. The number of nitriles is 1. The SMILES string of the molecule is CCN(CCCN(C)C)S(=O)(=O)C(C)C#N. The maximum atomic E-state index is 11.9. The predicted molar refractivity (Wildman–Crippen MR) is 64.4 cm³/mol. The Kier molecular flexibility index (Phi) is 6.56. The molecule has 0 radical (unpaired) electrons. The fourth-order valence-corrected chi connectivity index (χ4v) is 2.64. The van der Waals surface area contributed by atoms with Crippen molar-refractivity contribution < 1.29 is 8.42 Å². The van der Waals surface area contributed by atoms with Crippen molar-refractivity contribution in [2.75, 3.05) is 33.7 Å². The Bertz CT molecular complexity index is 332. The first-order chi connectivity index (χ1) is 7.36. The zero-order valence-electron chi connectivity index (χ0n) is 10.5. The lowest BCUT2D eigenvalue weighted by Crippen LogP contribution is -2.38. The number of hydrogen-bond donors (Lipinski definition) is 0. The number of hydrogen-bond acceptors (Lipinski definition) is 4. The van der Waals surface area contributed by atoms with Gasteiger partial charge >= 0.3 is 0 Å². The van der Waals surface area contributed by atoms with Crippen LogP contribution in [0.3, 0.4) is 0 Å². The molecule has 0 bridgehead atoms. The van der Waals surface area contributed by atoms with Crippen LogP contribution >= 0.6 is 0 Å². The van der Waals surface area contributed by atoms with E-state index in [9.17, 15) is 8.42 Å². The monoisotopic (exact) mass is 247 g/mol. The molecule has 0 saturated heterocycles. The van der Waals surface area contributed by atoms with Crippen LogP contribution in [0.5, 0.6) is 0 Å². The van der Waals surface area contributed by atoms with E-state index in [1.807, 2.05) is 19.0 Å². The van der Waals surface area contributed by atoms with Gasteiger partial charge in [-0.25, -0.2) is 12.7 Å². The quantitative estimate of drug-likeness (QED) is 0.657. The van der Waals surface area contributed by atoms with E-state index in [2.05, 4.69) is 0 Å². The molecule has 0 rings (SSSR count).